The first kappa shape index (κ1) is 12.8. The zero-order valence-corrected chi connectivity index (χ0v) is 10.3. The Balaban J connectivity index is 2.55. The molecular weight excluding hydrogens is 206 g/mol. The molecule has 1 rings (SSSR count). The lowest BCUT2D eigenvalue weighted by atomic mass is 10.4. The third-order valence-corrected chi connectivity index (χ3v) is 2.45. The monoisotopic (exact) mass is 225 g/mol. The zero-order chi connectivity index (χ0) is 12.1. The second kappa shape index (κ2) is 5.70. The SMILES string of the molecule is CCOC[C@@H](C)OC(=O)c1ccc(C)n1C. The van der Waals surface area contributed by atoms with E-state index in [9.17, 15) is 4.79 Å². The number of esters is 1. The smallest absolute Gasteiger partial charge is 0.355 e. The molecule has 1 heterocycles. The van der Waals surface area contributed by atoms with E-state index in [-0.39, 0.29) is 12.1 Å². The van der Waals surface area contributed by atoms with Gasteiger partial charge >= 0.3 is 5.97 Å². The average molecular weight is 225 g/mol. The molecule has 1 aromatic rings. The molecule has 1 atom stereocenters. The third-order valence-electron chi connectivity index (χ3n) is 2.45. The molecule has 0 aliphatic carbocycles. The predicted molar refractivity (Wildman–Crippen MR) is 61.5 cm³/mol. The molecule has 16 heavy (non-hydrogen) atoms. The van der Waals surface area contributed by atoms with Crippen molar-refractivity contribution in [3.05, 3.63) is 23.5 Å². The molecule has 0 radical (unpaired) electrons. The van der Waals surface area contributed by atoms with Crippen molar-refractivity contribution < 1.29 is 14.3 Å². The number of aromatic nitrogens is 1. The minimum absolute atomic E-state index is 0.220. The van der Waals surface area contributed by atoms with Gasteiger partial charge in [-0.05, 0) is 32.9 Å². The van der Waals surface area contributed by atoms with Crippen LogP contribution in [0.3, 0.4) is 0 Å². The van der Waals surface area contributed by atoms with E-state index < -0.39 is 0 Å². The number of carbonyl (C=O) groups is 1. The van der Waals surface area contributed by atoms with Crippen molar-refractivity contribution >= 4 is 5.97 Å². The van der Waals surface area contributed by atoms with Crippen molar-refractivity contribution in [2.45, 2.75) is 26.9 Å². The van der Waals surface area contributed by atoms with Crippen LogP contribution in [0.5, 0.6) is 0 Å². The lowest BCUT2D eigenvalue weighted by Crippen LogP contribution is -2.22. The molecule has 0 saturated carbocycles. The maximum Gasteiger partial charge on any atom is 0.355 e. The summed E-state index contributed by atoms with van der Waals surface area (Å²) >= 11 is 0. The van der Waals surface area contributed by atoms with Crippen LogP contribution in [-0.2, 0) is 16.5 Å². The van der Waals surface area contributed by atoms with E-state index in [1.165, 1.54) is 0 Å². The maximum absolute atomic E-state index is 11.8. The Morgan fingerprint density at radius 1 is 1.50 bits per heavy atom. The molecule has 0 spiro atoms. The quantitative estimate of drug-likeness (QED) is 0.719. The normalized spacial score (nSPS) is 12.5. The van der Waals surface area contributed by atoms with Crippen LogP contribution in [0.4, 0.5) is 0 Å². The van der Waals surface area contributed by atoms with E-state index >= 15 is 0 Å². The van der Waals surface area contributed by atoms with Crippen molar-refractivity contribution in [1.82, 2.24) is 4.57 Å². The number of hydrogen-bond donors (Lipinski definition) is 0. The Kier molecular flexibility index (Phi) is 4.55. The Hall–Kier alpha value is -1.29. The molecule has 0 fully saturated rings. The number of aryl methyl sites for hydroxylation is 1. The van der Waals surface area contributed by atoms with E-state index in [4.69, 9.17) is 9.47 Å². The van der Waals surface area contributed by atoms with E-state index in [1.54, 1.807) is 6.07 Å². The van der Waals surface area contributed by atoms with Crippen LogP contribution >= 0.6 is 0 Å². The Bertz CT molecular complexity index is 357. The molecule has 90 valence electrons. The second-order valence-corrected chi connectivity index (χ2v) is 3.79. The van der Waals surface area contributed by atoms with Crippen molar-refractivity contribution in [1.29, 1.82) is 0 Å². The summed E-state index contributed by atoms with van der Waals surface area (Å²) in [5.74, 6) is -0.303. The van der Waals surface area contributed by atoms with Gasteiger partial charge in [-0.25, -0.2) is 4.79 Å². The minimum atomic E-state index is -0.303. The van der Waals surface area contributed by atoms with Crippen LogP contribution < -0.4 is 0 Å². The fourth-order valence-electron chi connectivity index (χ4n) is 1.38. The Morgan fingerprint density at radius 3 is 2.69 bits per heavy atom. The zero-order valence-electron chi connectivity index (χ0n) is 10.3. The minimum Gasteiger partial charge on any atom is -0.456 e. The van der Waals surface area contributed by atoms with Crippen LogP contribution in [0.15, 0.2) is 12.1 Å². The molecule has 0 bridgehead atoms. The van der Waals surface area contributed by atoms with Gasteiger partial charge in [0.05, 0.1) is 6.61 Å². The first-order valence-electron chi connectivity index (χ1n) is 5.47. The van der Waals surface area contributed by atoms with Crippen molar-refractivity contribution in [2.24, 2.45) is 7.05 Å². The molecule has 0 amide bonds. The summed E-state index contributed by atoms with van der Waals surface area (Å²) in [4.78, 5) is 11.8. The van der Waals surface area contributed by atoms with Crippen molar-refractivity contribution in [3.8, 4) is 0 Å². The molecule has 1 aromatic heterocycles. The fraction of sp³-hybridized carbons (Fsp3) is 0.583. The molecular formula is C12H19NO3. The summed E-state index contributed by atoms with van der Waals surface area (Å²) < 4.78 is 12.2. The van der Waals surface area contributed by atoms with Gasteiger partial charge in [-0.3, -0.25) is 0 Å². The van der Waals surface area contributed by atoms with Crippen LogP contribution in [0, 0.1) is 6.92 Å². The fourth-order valence-corrected chi connectivity index (χ4v) is 1.38. The highest BCUT2D eigenvalue weighted by atomic mass is 16.6. The summed E-state index contributed by atoms with van der Waals surface area (Å²) in [6.07, 6.45) is -0.220. The summed E-state index contributed by atoms with van der Waals surface area (Å²) in [5.41, 5.74) is 1.60. The van der Waals surface area contributed by atoms with E-state index in [1.807, 2.05) is 38.5 Å². The molecule has 4 heteroatoms. The topological polar surface area (TPSA) is 40.5 Å². The second-order valence-electron chi connectivity index (χ2n) is 3.79. The Morgan fingerprint density at radius 2 is 2.19 bits per heavy atom. The predicted octanol–water partition coefficient (Wildman–Crippen LogP) is 1.92. The number of nitrogens with zero attached hydrogens (tertiary/aromatic N) is 1. The van der Waals surface area contributed by atoms with Crippen LogP contribution in [-0.4, -0.2) is 29.9 Å². The first-order chi connectivity index (χ1) is 7.56. The van der Waals surface area contributed by atoms with Gasteiger partial charge in [0.1, 0.15) is 11.8 Å². The number of ether oxygens (including phenoxy) is 2. The maximum atomic E-state index is 11.8. The third kappa shape index (κ3) is 3.10. The largest absolute Gasteiger partial charge is 0.456 e. The van der Waals surface area contributed by atoms with Crippen molar-refractivity contribution in [2.75, 3.05) is 13.2 Å². The van der Waals surface area contributed by atoms with E-state index in [2.05, 4.69) is 0 Å². The molecule has 0 aromatic carbocycles. The number of hydrogen-bond acceptors (Lipinski definition) is 3. The van der Waals surface area contributed by atoms with E-state index in [0.29, 0.717) is 18.9 Å². The summed E-state index contributed by atoms with van der Waals surface area (Å²) in [5, 5.41) is 0. The molecule has 0 aliphatic rings. The van der Waals surface area contributed by atoms with Gasteiger partial charge in [0.2, 0.25) is 0 Å². The van der Waals surface area contributed by atoms with Crippen LogP contribution in [0.25, 0.3) is 0 Å². The molecule has 0 saturated heterocycles. The van der Waals surface area contributed by atoms with Crippen LogP contribution in [0.1, 0.15) is 30.0 Å². The van der Waals surface area contributed by atoms with Gasteiger partial charge in [-0.15, -0.1) is 0 Å². The summed E-state index contributed by atoms with van der Waals surface area (Å²) in [6.45, 7) is 6.75. The lowest BCUT2D eigenvalue weighted by molar-refractivity contribution is 0.00355. The van der Waals surface area contributed by atoms with Gasteiger partial charge in [0, 0.05) is 19.3 Å². The number of rotatable bonds is 5. The molecule has 0 aliphatic heterocycles. The standard InChI is InChI=1S/C12H19NO3/c1-5-15-8-10(3)16-12(14)11-7-6-9(2)13(11)4/h6-7,10H,5,8H2,1-4H3/t10-/m1/s1. The average Bonchev–Trinajstić information content (AvgIpc) is 2.57. The number of carbonyl (C=O) groups excluding carboxylic acids is 1. The Labute approximate surface area is 96.2 Å². The highest BCUT2D eigenvalue weighted by Gasteiger charge is 2.15. The van der Waals surface area contributed by atoms with Gasteiger partial charge in [-0.2, -0.15) is 0 Å². The molecule has 0 unspecified atom stereocenters. The molecule has 0 N–H and O–H groups in total. The summed E-state index contributed by atoms with van der Waals surface area (Å²) in [6, 6.07) is 3.66. The van der Waals surface area contributed by atoms with Gasteiger partial charge in [0.15, 0.2) is 0 Å². The highest BCUT2D eigenvalue weighted by molar-refractivity contribution is 5.88. The summed E-state index contributed by atoms with van der Waals surface area (Å²) in [7, 11) is 1.85. The highest BCUT2D eigenvalue weighted by Crippen LogP contribution is 2.08. The lowest BCUT2D eigenvalue weighted by Gasteiger charge is -2.13. The van der Waals surface area contributed by atoms with Crippen LogP contribution in [0.2, 0.25) is 0 Å². The van der Waals surface area contributed by atoms with Crippen molar-refractivity contribution in [3.63, 3.8) is 0 Å². The van der Waals surface area contributed by atoms with Gasteiger partial charge < -0.3 is 14.0 Å². The first-order valence-corrected chi connectivity index (χ1v) is 5.47. The van der Waals surface area contributed by atoms with Gasteiger partial charge in [-0.1, -0.05) is 0 Å². The van der Waals surface area contributed by atoms with E-state index in [0.717, 1.165) is 5.69 Å². The van der Waals surface area contributed by atoms with Gasteiger partial charge in [0.25, 0.3) is 0 Å². The molecule has 4 nitrogen and oxygen atoms in total.